The molecule has 3 aromatic rings. The van der Waals surface area contributed by atoms with Gasteiger partial charge >= 0.3 is 0 Å². The van der Waals surface area contributed by atoms with Gasteiger partial charge in [-0.15, -0.1) is 0 Å². The van der Waals surface area contributed by atoms with Gasteiger partial charge in [-0.1, -0.05) is 24.2 Å². The maximum atomic E-state index is 13.1. The molecule has 0 unspecified atom stereocenters. The van der Waals surface area contributed by atoms with Crippen LogP contribution in [0, 0.1) is 5.82 Å². The van der Waals surface area contributed by atoms with Crippen LogP contribution in [0.4, 0.5) is 10.2 Å². The molecule has 0 amide bonds. The van der Waals surface area contributed by atoms with Crippen LogP contribution in [-0.4, -0.2) is 46.2 Å². The van der Waals surface area contributed by atoms with Gasteiger partial charge in [0.05, 0.1) is 5.56 Å². The monoisotopic (exact) mass is 381 g/mol. The predicted molar refractivity (Wildman–Crippen MR) is 105 cm³/mol. The number of pyridine rings is 1. The van der Waals surface area contributed by atoms with E-state index in [-0.39, 0.29) is 5.82 Å². The maximum absolute atomic E-state index is 13.1. The van der Waals surface area contributed by atoms with Gasteiger partial charge in [-0.25, -0.2) is 9.37 Å². The Labute approximate surface area is 164 Å². The number of rotatable bonds is 5. The Morgan fingerprint density at radius 1 is 1.07 bits per heavy atom. The Bertz CT molecular complexity index is 911. The summed E-state index contributed by atoms with van der Waals surface area (Å²) in [6.07, 6.45) is 3.57. The van der Waals surface area contributed by atoms with Gasteiger partial charge in [-0.3, -0.25) is 4.90 Å². The van der Waals surface area contributed by atoms with E-state index in [0.717, 1.165) is 62.5 Å². The van der Waals surface area contributed by atoms with Gasteiger partial charge < -0.3 is 9.42 Å². The van der Waals surface area contributed by atoms with Gasteiger partial charge in [0, 0.05) is 45.3 Å². The van der Waals surface area contributed by atoms with E-state index < -0.39 is 0 Å². The highest BCUT2D eigenvalue weighted by atomic mass is 19.1. The van der Waals surface area contributed by atoms with E-state index in [4.69, 9.17) is 4.52 Å². The lowest BCUT2D eigenvalue weighted by Crippen LogP contribution is -2.31. The van der Waals surface area contributed by atoms with Crippen LogP contribution in [0.3, 0.4) is 0 Å². The average molecular weight is 381 g/mol. The van der Waals surface area contributed by atoms with Gasteiger partial charge in [0.1, 0.15) is 11.6 Å². The second kappa shape index (κ2) is 8.48. The van der Waals surface area contributed by atoms with Crippen molar-refractivity contribution in [2.24, 2.45) is 0 Å². The predicted octanol–water partition coefficient (Wildman–Crippen LogP) is 3.55. The van der Waals surface area contributed by atoms with Crippen molar-refractivity contribution >= 4 is 5.82 Å². The molecule has 0 spiro atoms. The van der Waals surface area contributed by atoms with E-state index in [9.17, 15) is 4.39 Å². The first kappa shape index (κ1) is 18.6. The fourth-order valence-electron chi connectivity index (χ4n) is 3.51. The zero-order valence-electron chi connectivity index (χ0n) is 16.0. The molecule has 1 fully saturated rings. The largest absolute Gasteiger partial charge is 0.355 e. The summed E-state index contributed by atoms with van der Waals surface area (Å²) in [4.78, 5) is 13.8. The van der Waals surface area contributed by atoms with E-state index in [1.165, 1.54) is 12.1 Å². The smallest absolute Gasteiger partial charge is 0.261 e. The second-order valence-corrected chi connectivity index (χ2v) is 6.99. The van der Waals surface area contributed by atoms with E-state index in [1.807, 2.05) is 31.2 Å². The number of halogens is 1. The minimum atomic E-state index is -0.194. The molecular formula is C21H24FN5O. The summed E-state index contributed by atoms with van der Waals surface area (Å²) in [5.41, 5.74) is 2.01. The second-order valence-electron chi connectivity index (χ2n) is 6.99. The molecule has 1 saturated heterocycles. The van der Waals surface area contributed by atoms with Crippen molar-refractivity contribution in [2.75, 3.05) is 31.1 Å². The summed E-state index contributed by atoms with van der Waals surface area (Å²) in [6.45, 7) is 6.52. The van der Waals surface area contributed by atoms with E-state index in [0.29, 0.717) is 11.7 Å². The fourth-order valence-corrected chi connectivity index (χ4v) is 3.51. The van der Waals surface area contributed by atoms with Crippen LogP contribution < -0.4 is 4.90 Å². The summed E-state index contributed by atoms with van der Waals surface area (Å²) in [5, 5.41) is 4.01. The molecule has 0 N–H and O–H groups in total. The number of hydrogen-bond donors (Lipinski definition) is 0. The molecule has 0 aliphatic carbocycles. The molecule has 0 saturated carbocycles. The third kappa shape index (κ3) is 4.20. The lowest BCUT2D eigenvalue weighted by molar-refractivity contribution is 0.285. The molecule has 0 bridgehead atoms. The number of nitrogens with zero attached hydrogens (tertiary/aromatic N) is 5. The summed E-state index contributed by atoms with van der Waals surface area (Å²) in [5.74, 6) is 1.91. The third-order valence-corrected chi connectivity index (χ3v) is 5.01. The molecule has 2 aromatic heterocycles. The van der Waals surface area contributed by atoms with Crippen LogP contribution in [0.25, 0.3) is 11.5 Å². The van der Waals surface area contributed by atoms with Crippen molar-refractivity contribution in [3.05, 3.63) is 59.8 Å². The molecule has 1 aliphatic rings. The van der Waals surface area contributed by atoms with Gasteiger partial charge in [0.25, 0.3) is 5.89 Å². The molecule has 4 rings (SSSR count). The normalized spacial score (nSPS) is 15.6. The third-order valence-electron chi connectivity index (χ3n) is 5.01. The van der Waals surface area contributed by atoms with E-state index in [2.05, 4.69) is 24.9 Å². The van der Waals surface area contributed by atoms with Crippen molar-refractivity contribution in [2.45, 2.75) is 26.3 Å². The van der Waals surface area contributed by atoms with E-state index in [1.54, 1.807) is 6.20 Å². The van der Waals surface area contributed by atoms with Gasteiger partial charge in [-0.05, 0) is 36.2 Å². The van der Waals surface area contributed by atoms with E-state index >= 15 is 0 Å². The number of benzene rings is 1. The molecule has 1 aromatic carbocycles. The molecule has 7 heteroatoms. The molecule has 6 nitrogen and oxygen atoms in total. The van der Waals surface area contributed by atoms with Gasteiger partial charge in [0.15, 0.2) is 5.82 Å². The Morgan fingerprint density at radius 3 is 2.71 bits per heavy atom. The molecule has 3 heterocycles. The summed E-state index contributed by atoms with van der Waals surface area (Å²) in [7, 11) is 0. The number of hydrogen-bond acceptors (Lipinski definition) is 6. The first-order valence-electron chi connectivity index (χ1n) is 9.72. The molecule has 1 aliphatic heterocycles. The Balaban J connectivity index is 1.48. The molecule has 0 atom stereocenters. The van der Waals surface area contributed by atoms with Crippen molar-refractivity contribution in [1.82, 2.24) is 20.0 Å². The highest BCUT2D eigenvalue weighted by Crippen LogP contribution is 2.28. The lowest BCUT2D eigenvalue weighted by atomic mass is 10.2. The van der Waals surface area contributed by atoms with Crippen LogP contribution in [-0.2, 0) is 13.0 Å². The van der Waals surface area contributed by atoms with Crippen molar-refractivity contribution in [1.29, 1.82) is 0 Å². The Kier molecular flexibility index (Phi) is 5.62. The van der Waals surface area contributed by atoms with Crippen LogP contribution in [0.1, 0.15) is 24.7 Å². The number of aromatic nitrogens is 3. The summed E-state index contributed by atoms with van der Waals surface area (Å²) >= 11 is 0. The highest BCUT2D eigenvalue weighted by Gasteiger charge is 2.21. The minimum absolute atomic E-state index is 0.194. The SMILES string of the molecule is CCc1noc(-c2cccnc2N2CCCN(Cc3ccc(F)cc3)CC2)n1. The summed E-state index contributed by atoms with van der Waals surface area (Å²) in [6, 6.07) is 10.6. The van der Waals surface area contributed by atoms with Crippen LogP contribution in [0.2, 0.25) is 0 Å². The number of aryl methyl sites for hydroxylation is 1. The molecular weight excluding hydrogens is 357 g/mol. The lowest BCUT2D eigenvalue weighted by Gasteiger charge is -2.24. The Hall–Kier alpha value is -2.80. The Morgan fingerprint density at radius 2 is 1.93 bits per heavy atom. The average Bonchev–Trinajstić information content (AvgIpc) is 3.09. The highest BCUT2D eigenvalue weighted by molar-refractivity contribution is 5.69. The minimum Gasteiger partial charge on any atom is -0.355 e. The topological polar surface area (TPSA) is 58.3 Å². The molecule has 146 valence electrons. The fraction of sp³-hybridized carbons (Fsp3) is 0.381. The zero-order chi connectivity index (χ0) is 19.3. The molecule has 0 radical (unpaired) electrons. The van der Waals surface area contributed by atoms with Crippen molar-refractivity contribution in [3.63, 3.8) is 0 Å². The van der Waals surface area contributed by atoms with Crippen LogP contribution >= 0.6 is 0 Å². The maximum Gasteiger partial charge on any atom is 0.261 e. The quantitative estimate of drug-likeness (QED) is 0.674. The first-order valence-corrected chi connectivity index (χ1v) is 9.72. The molecule has 28 heavy (non-hydrogen) atoms. The number of anilines is 1. The zero-order valence-corrected chi connectivity index (χ0v) is 16.0. The standard InChI is InChI=1S/C21H24FN5O/c1-2-19-24-21(28-25-19)18-5-3-10-23-20(18)27-12-4-11-26(13-14-27)15-16-6-8-17(22)9-7-16/h3,5-10H,2,4,11-15H2,1H3. The summed E-state index contributed by atoms with van der Waals surface area (Å²) < 4.78 is 18.6. The van der Waals surface area contributed by atoms with Crippen molar-refractivity contribution < 1.29 is 8.91 Å². The van der Waals surface area contributed by atoms with Crippen LogP contribution in [0.15, 0.2) is 47.1 Å². The first-order chi connectivity index (χ1) is 13.7. The van der Waals surface area contributed by atoms with Crippen LogP contribution in [0.5, 0.6) is 0 Å². The van der Waals surface area contributed by atoms with Gasteiger partial charge in [0.2, 0.25) is 0 Å². The van der Waals surface area contributed by atoms with Crippen molar-refractivity contribution in [3.8, 4) is 11.5 Å². The van der Waals surface area contributed by atoms with Gasteiger partial charge in [-0.2, -0.15) is 4.98 Å².